The highest BCUT2D eigenvalue weighted by molar-refractivity contribution is 7.98. The van der Waals surface area contributed by atoms with Crippen LogP contribution in [0.5, 0.6) is 23.0 Å². The summed E-state index contributed by atoms with van der Waals surface area (Å²) in [6.07, 6.45) is 2.61. The van der Waals surface area contributed by atoms with Gasteiger partial charge in [-0.25, -0.2) is 9.97 Å². The Morgan fingerprint density at radius 3 is 1.94 bits per heavy atom. The Labute approximate surface area is 302 Å². The summed E-state index contributed by atoms with van der Waals surface area (Å²) in [4.78, 5) is 22.3. The number of fused-ring (bicyclic) bond motifs is 2. The summed E-state index contributed by atoms with van der Waals surface area (Å²) >= 11 is 0.746. The number of aromatic nitrogens is 6. The highest BCUT2D eigenvalue weighted by Gasteiger charge is 2.16. The number of thioether (sulfide) groups is 1. The predicted molar refractivity (Wildman–Crippen MR) is 185 cm³/mol. The summed E-state index contributed by atoms with van der Waals surface area (Å²) in [7, 11) is -13.1. The third-order valence-electron chi connectivity index (χ3n) is 6.79. The van der Waals surface area contributed by atoms with Crippen LogP contribution in [0.3, 0.4) is 0 Å². The smallest absolute Gasteiger partial charge is 0.197 e. The van der Waals surface area contributed by atoms with Crippen LogP contribution in [0.2, 0.25) is 0 Å². The number of nitrogens with zero attached hydrogens (tertiary/aromatic N) is 4. The van der Waals surface area contributed by atoms with Crippen LogP contribution in [0.25, 0.3) is 22.1 Å². The molecule has 0 saturated carbocycles. The van der Waals surface area contributed by atoms with E-state index >= 15 is 0 Å². The normalized spacial score (nSPS) is 18.4. The van der Waals surface area contributed by atoms with Gasteiger partial charge in [0.25, 0.3) is 0 Å². The van der Waals surface area contributed by atoms with Crippen LogP contribution < -0.4 is 18.9 Å². The number of imidazole rings is 2. The SMILES string of the molecule is [2H]C([2H])([2H])Oc1ccc2nc(S(=O)C([2H])([2H])c3ncc(C)c(OC([2H])([2H])[2H])c3C)[nH]c2c1.[2H]C([2H])([2H])Oc1ccc2nc(SC([2H])([2H])c3ncc(C)c(OC([2H])([2H])[2H])c3C)[nH]c2c1. The quantitative estimate of drug-likeness (QED) is 0.148. The standard InChI is InChI=1S/C17H19N3O3S.C17H19N3O2S/c1-10-8-18-15(11(2)16(10)23-4)9-24(21)17-19-13-6-5-12(22-3)7-14(13)20-17;1-10-8-18-15(11(2)16(10)22-4)9-23-17-19-13-6-5-12(21-3)7-14(13)20-17/h5-8H,9H2,1-4H3,(H,19,20);5-8H,9H2,1-4H3,(H,19,20)/i2*3D3,4D3,9D2. The minimum atomic E-state index is -2.76. The molecule has 6 rings (SSSR count). The second-order valence-electron chi connectivity index (χ2n) is 9.91. The molecular formula is C34H38N6O5S2. The van der Waals surface area contributed by atoms with Crippen LogP contribution in [0, 0.1) is 27.7 Å². The molecule has 0 spiro atoms. The number of ether oxygens (including phenoxy) is 4. The van der Waals surface area contributed by atoms with E-state index in [2.05, 4.69) is 29.9 Å². The molecule has 4 aromatic heterocycles. The highest BCUT2D eigenvalue weighted by Crippen LogP contribution is 2.30. The molecule has 11 nitrogen and oxygen atoms in total. The lowest BCUT2D eigenvalue weighted by atomic mass is 10.1. The number of hydrogen-bond donors (Lipinski definition) is 2. The first-order valence-corrected chi connectivity index (χ1v) is 15.5. The fraction of sp³-hybridized carbons (Fsp3) is 0.294. The number of pyridine rings is 2. The van der Waals surface area contributed by atoms with Gasteiger partial charge < -0.3 is 28.9 Å². The zero-order chi connectivity index (χ0) is 47.2. The van der Waals surface area contributed by atoms with Gasteiger partial charge in [0.2, 0.25) is 0 Å². The summed E-state index contributed by atoms with van der Waals surface area (Å²) < 4.78 is 154. The second kappa shape index (κ2) is 14.9. The number of aromatic amines is 2. The van der Waals surface area contributed by atoms with Crippen molar-refractivity contribution in [1.82, 2.24) is 29.9 Å². The van der Waals surface area contributed by atoms with Crippen molar-refractivity contribution < 1.29 is 45.1 Å². The number of aryl methyl sites for hydroxylation is 2. The van der Waals surface area contributed by atoms with Gasteiger partial charge in [-0.2, -0.15) is 0 Å². The Morgan fingerprint density at radius 2 is 1.32 bits per heavy atom. The fourth-order valence-corrected chi connectivity index (χ4v) is 5.95. The molecule has 0 aliphatic carbocycles. The van der Waals surface area contributed by atoms with E-state index in [0.29, 0.717) is 33.2 Å². The number of benzene rings is 2. The molecule has 0 aliphatic rings. The topological polar surface area (TPSA) is 137 Å². The van der Waals surface area contributed by atoms with E-state index in [4.69, 9.17) is 40.9 Å². The minimum Gasteiger partial charge on any atom is -0.497 e. The molecular weight excluding hydrogens is 637 g/mol. The third-order valence-corrected chi connectivity index (χ3v) is 8.40. The van der Waals surface area contributed by atoms with E-state index in [9.17, 15) is 4.21 Å². The molecule has 1 unspecified atom stereocenters. The number of rotatable bonds is 10. The Kier molecular flexibility index (Phi) is 5.90. The summed E-state index contributed by atoms with van der Waals surface area (Å²) in [6, 6.07) is 8.66. The van der Waals surface area contributed by atoms with Crippen molar-refractivity contribution in [2.45, 2.75) is 49.4 Å². The first-order chi connectivity index (χ1) is 28.7. The van der Waals surface area contributed by atoms with Gasteiger partial charge in [0.1, 0.15) is 23.0 Å². The summed E-state index contributed by atoms with van der Waals surface area (Å²) in [5.41, 5.74) is -2.06. The summed E-state index contributed by atoms with van der Waals surface area (Å²) in [5, 5.41) is 0.0159. The Hall–Kier alpha value is -4.62. The van der Waals surface area contributed by atoms with Gasteiger partial charge in [-0.05, 0) is 52.0 Å². The molecule has 13 heteroatoms. The molecule has 0 radical (unpaired) electrons. The number of nitrogens with one attached hydrogen (secondary N) is 2. The van der Waals surface area contributed by atoms with Gasteiger partial charge in [0, 0.05) is 58.0 Å². The molecule has 0 saturated heterocycles. The first-order valence-electron chi connectivity index (χ1n) is 21.5. The second-order valence-corrected chi connectivity index (χ2v) is 11.8. The molecule has 0 fully saturated rings. The minimum absolute atomic E-state index is 0.00855. The molecule has 2 N–H and O–H groups in total. The Balaban J connectivity index is 0.000000238. The maximum absolute atomic E-state index is 13.1. The molecule has 6 aromatic rings. The van der Waals surface area contributed by atoms with E-state index in [1.807, 2.05) is 0 Å². The van der Waals surface area contributed by atoms with Crippen LogP contribution >= 0.6 is 11.8 Å². The Morgan fingerprint density at radius 1 is 0.766 bits per heavy atom. The maximum atomic E-state index is 13.1. The first kappa shape index (κ1) is 18.6. The van der Waals surface area contributed by atoms with Gasteiger partial charge in [-0.15, -0.1) is 0 Å². The average Bonchev–Trinajstić information content (AvgIpc) is 3.72. The average molecular weight is 691 g/mol. The van der Waals surface area contributed by atoms with Crippen LogP contribution in [0.1, 0.15) is 55.6 Å². The molecule has 246 valence electrons. The fourth-order valence-electron chi connectivity index (χ4n) is 4.39. The van der Waals surface area contributed by atoms with Gasteiger partial charge in [0.05, 0.1) is 94.6 Å². The molecule has 0 amide bonds. The van der Waals surface area contributed by atoms with Crippen LogP contribution in [-0.2, 0) is 22.2 Å². The summed E-state index contributed by atoms with van der Waals surface area (Å²) in [5.74, 6) is 0.152. The number of methoxy groups -OCH3 is 4. The van der Waals surface area contributed by atoms with Gasteiger partial charge in [-0.3, -0.25) is 14.2 Å². The maximum Gasteiger partial charge on any atom is 0.197 e. The van der Waals surface area contributed by atoms with Gasteiger partial charge >= 0.3 is 0 Å². The molecule has 2 aromatic carbocycles. The van der Waals surface area contributed by atoms with E-state index < -0.39 is 50.4 Å². The monoisotopic (exact) mass is 690 g/mol. The molecule has 0 aliphatic heterocycles. The molecule has 0 bridgehead atoms. The van der Waals surface area contributed by atoms with Crippen molar-refractivity contribution in [3.05, 3.63) is 82.4 Å². The van der Waals surface area contributed by atoms with E-state index in [1.54, 1.807) is 26.8 Å². The van der Waals surface area contributed by atoms with E-state index in [0.717, 1.165) is 11.8 Å². The number of hydrogen-bond acceptors (Lipinski definition) is 10. The van der Waals surface area contributed by atoms with Gasteiger partial charge in [0.15, 0.2) is 10.3 Å². The van der Waals surface area contributed by atoms with E-state index in [1.165, 1.54) is 49.6 Å². The molecule has 4 heterocycles. The van der Waals surface area contributed by atoms with Crippen molar-refractivity contribution >= 4 is 44.6 Å². The molecule has 1 atom stereocenters. The van der Waals surface area contributed by atoms with Crippen LogP contribution in [0.15, 0.2) is 59.1 Å². The van der Waals surface area contributed by atoms with Crippen molar-refractivity contribution in [3.63, 3.8) is 0 Å². The van der Waals surface area contributed by atoms with Gasteiger partial charge in [-0.1, -0.05) is 11.8 Å². The zero-order valence-electron chi connectivity index (χ0n) is 41.3. The van der Waals surface area contributed by atoms with Crippen molar-refractivity contribution in [1.29, 1.82) is 0 Å². The lowest BCUT2D eigenvalue weighted by Gasteiger charge is -2.11. The number of H-pyrrole nitrogens is 2. The van der Waals surface area contributed by atoms with Crippen molar-refractivity contribution in [3.8, 4) is 23.0 Å². The Bertz CT molecular complexity index is 2660. The summed E-state index contributed by atoms with van der Waals surface area (Å²) in [6.45, 7) is 6.18. The lowest BCUT2D eigenvalue weighted by molar-refractivity contribution is 0.407. The highest BCUT2D eigenvalue weighted by atomic mass is 32.2. The van der Waals surface area contributed by atoms with Crippen LogP contribution in [-0.4, -0.2) is 62.3 Å². The third kappa shape index (κ3) is 7.52. The van der Waals surface area contributed by atoms with Crippen molar-refractivity contribution in [2.24, 2.45) is 0 Å². The van der Waals surface area contributed by atoms with Crippen LogP contribution in [0.4, 0.5) is 0 Å². The lowest BCUT2D eigenvalue weighted by Crippen LogP contribution is -2.05. The largest absolute Gasteiger partial charge is 0.497 e. The van der Waals surface area contributed by atoms with Crippen molar-refractivity contribution in [2.75, 3.05) is 28.2 Å². The zero-order valence-corrected chi connectivity index (χ0v) is 26.9. The predicted octanol–water partition coefficient (Wildman–Crippen LogP) is 6.78. The molecule has 47 heavy (non-hydrogen) atoms. The van der Waals surface area contributed by atoms with E-state index in [-0.39, 0.29) is 55.8 Å².